The second kappa shape index (κ2) is 7.53. The van der Waals surface area contributed by atoms with Gasteiger partial charge in [-0.25, -0.2) is 0 Å². The summed E-state index contributed by atoms with van der Waals surface area (Å²) in [5.41, 5.74) is 0.955. The summed E-state index contributed by atoms with van der Waals surface area (Å²) in [5.74, 6) is -0.328. The Labute approximate surface area is 117 Å². The Balaban J connectivity index is 2.77. The Morgan fingerprint density at radius 3 is 2.50 bits per heavy atom. The van der Waals surface area contributed by atoms with Gasteiger partial charge in [-0.15, -0.1) is 0 Å². The first-order valence-electron chi connectivity index (χ1n) is 5.91. The van der Waals surface area contributed by atoms with Crippen LogP contribution < -0.4 is 5.32 Å². The molecule has 0 saturated carbocycles. The van der Waals surface area contributed by atoms with Crippen molar-refractivity contribution in [3.05, 3.63) is 29.8 Å². The van der Waals surface area contributed by atoms with Gasteiger partial charge in [0, 0.05) is 5.69 Å². The van der Waals surface area contributed by atoms with Crippen LogP contribution in [0.15, 0.2) is 24.3 Å². The highest BCUT2D eigenvalue weighted by Gasteiger charge is 2.20. The third kappa shape index (κ3) is 4.10. The molecule has 1 aromatic rings. The van der Waals surface area contributed by atoms with Gasteiger partial charge in [-0.3, -0.25) is 9.69 Å². The Kier molecular flexibility index (Phi) is 5.72. The van der Waals surface area contributed by atoms with Crippen molar-refractivity contribution >= 4 is 11.6 Å². The predicted octanol–water partition coefficient (Wildman–Crippen LogP) is 1.23. The number of nitrogens with one attached hydrogen (secondary N) is 1. The minimum atomic E-state index is -0.611. The molecule has 0 aromatic heterocycles. The van der Waals surface area contributed by atoms with Gasteiger partial charge >= 0.3 is 0 Å². The van der Waals surface area contributed by atoms with E-state index in [1.54, 1.807) is 31.2 Å². The number of hydrogen-bond donors (Lipinski definition) is 1. The van der Waals surface area contributed by atoms with E-state index >= 15 is 0 Å². The molecule has 1 atom stereocenters. The maximum Gasteiger partial charge on any atom is 0.241 e. The molecule has 0 saturated heterocycles. The van der Waals surface area contributed by atoms with E-state index in [4.69, 9.17) is 15.8 Å². The van der Waals surface area contributed by atoms with Crippen LogP contribution >= 0.6 is 0 Å². The molecule has 20 heavy (non-hydrogen) atoms. The van der Waals surface area contributed by atoms with Crippen LogP contribution in [0.3, 0.4) is 0 Å². The normalized spacial score (nSPS) is 10.9. The summed E-state index contributed by atoms with van der Waals surface area (Å²) in [6.07, 6.45) is 0. The van der Waals surface area contributed by atoms with E-state index in [0.717, 1.165) is 0 Å². The number of benzene rings is 1. The van der Waals surface area contributed by atoms with Gasteiger partial charge in [0.25, 0.3) is 0 Å². The lowest BCUT2D eigenvalue weighted by atomic mass is 10.2. The molecule has 0 bridgehead atoms. The third-order valence-electron chi connectivity index (χ3n) is 2.73. The Morgan fingerprint density at radius 2 is 1.95 bits per heavy atom. The topological polar surface area (TPSA) is 104 Å². The van der Waals surface area contributed by atoms with Crippen LogP contribution in [0.2, 0.25) is 0 Å². The molecule has 1 unspecified atom stereocenters. The molecule has 0 spiro atoms. The maximum atomic E-state index is 12.0. The zero-order valence-corrected chi connectivity index (χ0v) is 11.0. The number of carbonyl (C=O) groups excluding carboxylic acids is 1. The van der Waals surface area contributed by atoms with Crippen LogP contribution in [0.4, 0.5) is 5.69 Å². The van der Waals surface area contributed by atoms with Gasteiger partial charge in [0.1, 0.15) is 0 Å². The zero-order chi connectivity index (χ0) is 15.0. The van der Waals surface area contributed by atoms with Gasteiger partial charge in [0.05, 0.1) is 42.9 Å². The van der Waals surface area contributed by atoms with Crippen molar-refractivity contribution in [2.75, 3.05) is 18.4 Å². The number of carbonyl (C=O) groups is 1. The number of hydrogen-bond acceptors (Lipinski definition) is 5. The molecule has 6 nitrogen and oxygen atoms in total. The average molecular weight is 267 g/mol. The second-order valence-corrected chi connectivity index (χ2v) is 4.08. The van der Waals surface area contributed by atoms with E-state index in [1.807, 2.05) is 18.2 Å². The van der Waals surface area contributed by atoms with Gasteiger partial charge in [-0.2, -0.15) is 15.8 Å². The van der Waals surface area contributed by atoms with Crippen LogP contribution in [0, 0.1) is 34.0 Å². The fourth-order valence-electron chi connectivity index (χ4n) is 1.59. The molecule has 0 aliphatic carbocycles. The van der Waals surface area contributed by atoms with Crippen LogP contribution in [0.1, 0.15) is 12.5 Å². The number of rotatable bonds is 5. The van der Waals surface area contributed by atoms with Gasteiger partial charge in [0.15, 0.2) is 0 Å². The molecule has 1 N–H and O–H groups in total. The first-order chi connectivity index (χ1) is 9.62. The van der Waals surface area contributed by atoms with Crippen molar-refractivity contribution in [3.8, 4) is 18.2 Å². The van der Waals surface area contributed by atoms with E-state index in [0.29, 0.717) is 11.3 Å². The average Bonchev–Trinajstić information content (AvgIpc) is 2.46. The summed E-state index contributed by atoms with van der Waals surface area (Å²) in [4.78, 5) is 13.5. The lowest BCUT2D eigenvalue weighted by molar-refractivity contribution is -0.120. The minimum Gasteiger partial charge on any atom is -0.325 e. The van der Waals surface area contributed by atoms with E-state index in [1.165, 1.54) is 4.90 Å². The van der Waals surface area contributed by atoms with Crippen molar-refractivity contribution in [2.45, 2.75) is 13.0 Å². The molecule has 6 heteroatoms. The number of nitriles is 3. The Morgan fingerprint density at radius 1 is 1.30 bits per heavy atom. The van der Waals surface area contributed by atoms with Crippen LogP contribution in [0.25, 0.3) is 0 Å². The second-order valence-electron chi connectivity index (χ2n) is 4.08. The quantitative estimate of drug-likeness (QED) is 0.808. The first kappa shape index (κ1) is 15.2. The molecule has 0 heterocycles. The fourth-order valence-corrected chi connectivity index (χ4v) is 1.59. The monoisotopic (exact) mass is 267 g/mol. The van der Waals surface area contributed by atoms with E-state index in [9.17, 15) is 4.79 Å². The van der Waals surface area contributed by atoms with Crippen molar-refractivity contribution in [1.82, 2.24) is 4.90 Å². The van der Waals surface area contributed by atoms with E-state index in [2.05, 4.69) is 5.32 Å². The highest BCUT2D eigenvalue weighted by Crippen LogP contribution is 2.11. The summed E-state index contributed by atoms with van der Waals surface area (Å²) < 4.78 is 0. The SMILES string of the molecule is CC(C(=O)Nc1cccc(C#N)c1)N(CC#N)CC#N. The lowest BCUT2D eigenvalue weighted by Crippen LogP contribution is -2.42. The summed E-state index contributed by atoms with van der Waals surface area (Å²) in [5, 5.41) is 28.8. The Hall–Kier alpha value is -2.88. The number of nitrogens with zero attached hydrogens (tertiary/aromatic N) is 4. The van der Waals surface area contributed by atoms with Crippen molar-refractivity contribution in [2.24, 2.45) is 0 Å². The van der Waals surface area contributed by atoms with Crippen LogP contribution in [0.5, 0.6) is 0 Å². The largest absolute Gasteiger partial charge is 0.325 e. The summed E-state index contributed by atoms with van der Waals surface area (Å²) >= 11 is 0. The highest BCUT2D eigenvalue weighted by atomic mass is 16.2. The molecule has 100 valence electrons. The molecule has 0 aliphatic heterocycles. The first-order valence-corrected chi connectivity index (χ1v) is 5.91. The molecule has 1 amide bonds. The fraction of sp³-hybridized carbons (Fsp3) is 0.286. The summed E-state index contributed by atoms with van der Waals surface area (Å²) in [7, 11) is 0. The predicted molar refractivity (Wildman–Crippen MR) is 72.0 cm³/mol. The van der Waals surface area contributed by atoms with Crippen molar-refractivity contribution in [3.63, 3.8) is 0 Å². The maximum absolute atomic E-state index is 12.0. The molecule has 1 aromatic carbocycles. The number of amides is 1. The molecular weight excluding hydrogens is 254 g/mol. The molecular formula is C14H13N5O. The molecule has 1 rings (SSSR count). The van der Waals surface area contributed by atoms with E-state index in [-0.39, 0.29) is 19.0 Å². The van der Waals surface area contributed by atoms with Crippen LogP contribution in [-0.2, 0) is 4.79 Å². The summed E-state index contributed by atoms with van der Waals surface area (Å²) in [6, 6.07) is 11.8. The third-order valence-corrected chi connectivity index (χ3v) is 2.73. The number of anilines is 1. The highest BCUT2D eigenvalue weighted by molar-refractivity contribution is 5.94. The molecule has 0 radical (unpaired) electrons. The van der Waals surface area contributed by atoms with Gasteiger partial charge in [0.2, 0.25) is 5.91 Å². The Bertz CT molecular complexity index is 589. The van der Waals surface area contributed by atoms with Crippen molar-refractivity contribution < 1.29 is 4.79 Å². The van der Waals surface area contributed by atoms with Gasteiger partial charge in [-0.1, -0.05) is 6.07 Å². The zero-order valence-electron chi connectivity index (χ0n) is 11.0. The lowest BCUT2D eigenvalue weighted by Gasteiger charge is -2.22. The summed E-state index contributed by atoms with van der Waals surface area (Å²) in [6.45, 7) is 1.62. The van der Waals surface area contributed by atoms with Gasteiger partial charge < -0.3 is 5.32 Å². The van der Waals surface area contributed by atoms with Crippen molar-refractivity contribution in [1.29, 1.82) is 15.8 Å². The minimum absolute atomic E-state index is 0.000379. The van der Waals surface area contributed by atoms with Gasteiger partial charge in [-0.05, 0) is 25.1 Å². The smallest absolute Gasteiger partial charge is 0.241 e. The molecule has 0 fully saturated rings. The molecule has 0 aliphatic rings. The van der Waals surface area contributed by atoms with E-state index < -0.39 is 6.04 Å². The standard InChI is InChI=1S/C14H13N5O/c1-11(19(7-5-15)8-6-16)14(20)18-13-4-2-3-12(9-13)10-17/h2-4,9,11H,7-8H2,1H3,(H,18,20). The van der Waals surface area contributed by atoms with Crippen LogP contribution in [-0.4, -0.2) is 29.9 Å².